The zero-order chi connectivity index (χ0) is 16.1. The number of hydrogen-bond acceptors (Lipinski definition) is 7. The van der Waals surface area contributed by atoms with Crippen LogP contribution >= 0.6 is 23.1 Å². The van der Waals surface area contributed by atoms with Crippen LogP contribution in [0.25, 0.3) is 0 Å². The lowest BCUT2D eigenvalue weighted by Gasteiger charge is -2.28. The van der Waals surface area contributed by atoms with Crippen LogP contribution in [0.15, 0.2) is 34.1 Å². The molecule has 0 unspecified atom stereocenters. The third kappa shape index (κ3) is 4.43. The van der Waals surface area contributed by atoms with Gasteiger partial charge in [-0.1, -0.05) is 23.1 Å². The van der Waals surface area contributed by atoms with E-state index >= 15 is 0 Å². The molecule has 1 aromatic heterocycles. The standard InChI is InChI=1S/C15H18N4O2S2/c1-11(23-15-18-16-10-22-15)14(20)17-12-2-4-13(5-3-12)19-6-8-21-9-7-19/h2-5,10-11H,6-9H2,1H3,(H,17,20)/t11-/m1/s1. The maximum Gasteiger partial charge on any atom is 0.237 e. The first-order valence-electron chi connectivity index (χ1n) is 7.39. The molecule has 1 N–H and O–H groups in total. The van der Waals surface area contributed by atoms with Gasteiger partial charge in [0, 0.05) is 24.5 Å². The molecular weight excluding hydrogens is 332 g/mol. The van der Waals surface area contributed by atoms with E-state index in [9.17, 15) is 4.79 Å². The minimum atomic E-state index is -0.220. The first-order valence-corrected chi connectivity index (χ1v) is 9.15. The molecule has 1 aromatic carbocycles. The number of morpholine rings is 1. The number of rotatable bonds is 5. The number of thioether (sulfide) groups is 1. The van der Waals surface area contributed by atoms with Crippen LogP contribution in [0.4, 0.5) is 11.4 Å². The second-order valence-electron chi connectivity index (χ2n) is 5.10. The molecule has 2 heterocycles. The molecule has 1 atom stereocenters. The maximum absolute atomic E-state index is 12.2. The monoisotopic (exact) mass is 350 g/mol. The topological polar surface area (TPSA) is 67.4 Å². The summed E-state index contributed by atoms with van der Waals surface area (Å²) >= 11 is 2.85. The van der Waals surface area contributed by atoms with Crippen molar-refractivity contribution in [1.29, 1.82) is 0 Å². The van der Waals surface area contributed by atoms with Crippen molar-refractivity contribution < 1.29 is 9.53 Å². The minimum Gasteiger partial charge on any atom is -0.378 e. The van der Waals surface area contributed by atoms with E-state index in [2.05, 4.69) is 20.4 Å². The van der Waals surface area contributed by atoms with Crippen LogP contribution in [-0.2, 0) is 9.53 Å². The van der Waals surface area contributed by atoms with Crippen LogP contribution in [0.3, 0.4) is 0 Å². The summed E-state index contributed by atoms with van der Waals surface area (Å²) in [5.41, 5.74) is 3.62. The fourth-order valence-electron chi connectivity index (χ4n) is 2.24. The number of carbonyl (C=O) groups is 1. The van der Waals surface area contributed by atoms with Crippen LogP contribution in [-0.4, -0.2) is 47.7 Å². The molecular formula is C15H18N4O2S2. The highest BCUT2D eigenvalue weighted by molar-refractivity contribution is 8.02. The number of hydrogen-bond donors (Lipinski definition) is 1. The van der Waals surface area contributed by atoms with Gasteiger partial charge in [-0.3, -0.25) is 4.79 Å². The normalized spacial score (nSPS) is 16.1. The summed E-state index contributed by atoms with van der Waals surface area (Å²) in [6.45, 7) is 5.20. The third-order valence-electron chi connectivity index (χ3n) is 3.50. The second-order valence-corrected chi connectivity index (χ2v) is 7.52. The predicted octanol–water partition coefficient (Wildman–Crippen LogP) is 2.49. The molecule has 1 fully saturated rings. The summed E-state index contributed by atoms with van der Waals surface area (Å²) in [6, 6.07) is 7.93. The van der Waals surface area contributed by atoms with E-state index in [1.165, 1.54) is 23.1 Å². The number of amides is 1. The predicted molar refractivity (Wildman–Crippen MR) is 93.3 cm³/mol. The van der Waals surface area contributed by atoms with Crippen molar-refractivity contribution >= 4 is 40.4 Å². The number of nitrogens with zero attached hydrogens (tertiary/aromatic N) is 3. The maximum atomic E-state index is 12.2. The lowest BCUT2D eigenvalue weighted by molar-refractivity contribution is -0.115. The van der Waals surface area contributed by atoms with Gasteiger partial charge in [0.2, 0.25) is 5.91 Å². The molecule has 1 saturated heterocycles. The summed E-state index contributed by atoms with van der Waals surface area (Å²) in [5.74, 6) is -0.0377. The number of anilines is 2. The Kier molecular flexibility index (Phi) is 5.47. The van der Waals surface area contributed by atoms with Crippen LogP contribution in [0.1, 0.15) is 6.92 Å². The lowest BCUT2D eigenvalue weighted by atomic mass is 10.2. The van der Waals surface area contributed by atoms with Gasteiger partial charge in [-0.25, -0.2) is 0 Å². The number of ether oxygens (including phenoxy) is 1. The van der Waals surface area contributed by atoms with Crippen molar-refractivity contribution in [2.75, 3.05) is 36.5 Å². The quantitative estimate of drug-likeness (QED) is 0.836. The van der Waals surface area contributed by atoms with E-state index in [1.807, 2.05) is 31.2 Å². The highest BCUT2D eigenvalue weighted by Gasteiger charge is 2.16. The van der Waals surface area contributed by atoms with Gasteiger partial charge in [0.05, 0.1) is 18.5 Å². The SMILES string of the molecule is C[C@@H](Sc1nncs1)C(=O)Nc1ccc(N2CCOCC2)cc1. The molecule has 0 aliphatic carbocycles. The molecule has 1 aliphatic rings. The number of benzene rings is 1. The molecule has 0 spiro atoms. The summed E-state index contributed by atoms with van der Waals surface area (Å²) < 4.78 is 6.16. The Morgan fingerprint density at radius 1 is 1.35 bits per heavy atom. The molecule has 8 heteroatoms. The first kappa shape index (κ1) is 16.2. The van der Waals surface area contributed by atoms with E-state index < -0.39 is 0 Å². The molecule has 23 heavy (non-hydrogen) atoms. The molecule has 1 aliphatic heterocycles. The molecule has 6 nitrogen and oxygen atoms in total. The van der Waals surface area contributed by atoms with Crippen LogP contribution in [0, 0.1) is 0 Å². The van der Waals surface area contributed by atoms with Gasteiger partial charge in [0.15, 0.2) is 4.34 Å². The molecule has 0 saturated carbocycles. The van der Waals surface area contributed by atoms with E-state index in [4.69, 9.17) is 4.74 Å². The van der Waals surface area contributed by atoms with Crippen LogP contribution in [0.5, 0.6) is 0 Å². The Morgan fingerprint density at radius 2 is 2.09 bits per heavy atom. The summed E-state index contributed by atoms with van der Waals surface area (Å²) in [6.07, 6.45) is 0. The highest BCUT2D eigenvalue weighted by Crippen LogP contribution is 2.25. The van der Waals surface area contributed by atoms with Crippen molar-refractivity contribution in [3.63, 3.8) is 0 Å². The summed E-state index contributed by atoms with van der Waals surface area (Å²) in [5, 5.41) is 10.4. The highest BCUT2D eigenvalue weighted by atomic mass is 32.2. The lowest BCUT2D eigenvalue weighted by Crippen LogP contribution is -2.36. The van der Waals surface area contributed by atoms with Crippen molar-refractivity contribution in [2.24, 2.45) is 0 Å². The van der Waals surface area contributed by atoms with Crippen molar-refractivity contribution in [3.8, 4) is 0 Å². The fraction of sp³-hybridized carbons (Fsp3) is 0.400. The third-order valence-corrected chi connectivity index (χ3v) is 5.41. The Labute approximate surface area is 143 Å². The average molecular weight is 350 g/mol. The summed E-state index contributed by atoms with van der Waals surface area (Å²) in [7, 11) is 0. The molecule has 1 amide bonds. The van der Waals surface area contributed by atoms with Gasteiger partial charge >= 0.3 is 0 Å². The Morgan fingerprint density at radius 3 is 2.74 bits per heavy atom. The van der Waals surface area contributed by atoms with E-state index in [1.54, 1.807) is 5.51 Å². The minimum absolute atomic E-state index is 0.0377. The van der Waals surface area contributed by atoms with Gasteiger partial charge in [0.25, 0.3) is 0 Å². The average Bonchev–Trinajstić information content (AvgIpc) is 3.09. The first-order chi connectivity index (χ1) is 11.2. The fourth-order valence-corrected chi connectivity index (χ4v) is 3.87. The van der Waals surface area contributed by atoms with E-state index in [-0.39, 0.29) is 11.2 Å². The van der Waals surface area contributed by atoms with E-state index in [0.29, 0.717) is 0 Å². The van der Waals surface area contributed by atoms with Gasteiger partial charge in [-0.2, -0.15) is 0 Å². The zero-order valence-corrected chi connectivity index (χ0v) is 14.4. The van der Waals surface area contributed by atoms with Gasteiger partial charge in [0.1, 0.15) is 5.51 Å². The number of carbonyl (C=O) groups excluding carboxylic acids is 1. The zero-order valence-electron chi connectivity index (χ0n) is 12.8. The van der Waals surface area contributed by atoms with E-state index in [0.717, 1.165) is 42.0 Å². The van der Waals surface area contributed by atoms with Crippen molar-refractivity contribution in [2.45, 2.75) is 16.5 Å². The van der Waals surface area contributed by atoms with Gasteiger partial charge in [-0.05, 0) is 31.2 Å². The van der Waals surface area contributed by atoms with Crippen molar-refractivity contribution in [1.82, 2.24) is 10.2 Å². The molecule has 2 aromatic rings. The molecule has 0 bridgehead atoms. The summed E-state index contributed by atoms with van der Waals surface area (Å²) in [4.78, 5) is 14.5. The Hall–Kier alpha value is -1.64. The van der Waals surface area contributed by atoms with Crippen molar-refractivity contribution in [3.05, 3.63) is 29.8 Å². The Balaban J connectivity index is 1.55. The number of nitrogens with one attached hydrogen (secondary N) is 1. The molecule has 122 valence electrons. The molecule has 3 rings (SSSR count). The smallest absolute Gasteiger partial charge is 0.237 e. The molecule has 0 radical (unpaired) electrons. The van der Waals surface area contributed by atoms with Crippen LogP contribution < -0.4 is 10.2 Å². The number of aromatic nitrogens is 2. The van der Waals surface area contributed by atoms with Gasteiger partial charge < -0.3 is 15.0 Å². The Bertz CT molecular complexity index is 627. The van der Waals surface area contributed by atoms with Crippen LogP contribution in [0.2, 0.25) is 0 Å². The largest absolute Gasteiger partial charge is 0.378 e. The van der Waals surface area contributed by atoms with Gasteiger partial charge in [-0.15, -0.1) is 10.2 Å². The second kappa shape index (κ2) is 7.76.